The number of ether oxygens (including phenoxy) is 1. The standard InChI is InChI=1S/C18H16ClN3O2/c1-22-16(12-6-8-15(24-2)9-7-12)11-20-18(22)21-17(23)13-4-3-5-14(19)10-13/h3-11H,1-2H3,(H,20,21,23). The van der Waals surface area contributed by atoms with Crippen LogP contribution in [0, 0.1) is 0 Å². The Morgan fingerprint density at radius 3 is 2.62 bits per heavy atom. The van der Waals surface area contributed by atoms with E-state index in [0.29, 0.717) is 16.5 Å². The molecule has 1 heterocycles. The van der Waals surface area contributed by atoms with Crippen molar-refractivity contribution < 1.29 is 9.53 Å². The predicted octanol–water partition coefficient (Wildman–Crippen LogP) is 4.00. The number of nitrogens with zero attached hydrogens (tertiary/aromatic N) is 2. The van der Waals surface area contributed by atoms with Crippen LogP contribution in [0.25, 0.3) is 11.3 Å². The molecular weight excluding hydrogens is 326 g/mol. The summed E-state index contributed by atoms with van der Waals surface area (Å²) in [5, 5.41) is 3.31. The third-order valence-corrected chi connectivity index (χ3v) is 3.92. The van der Waals surface area contributed by atoms with Crippen LogP contribution in [0.3, 0.4) is 0 Å². The summed E-state index contributed by atoms with van der Waals surface area (Å²) in [6, 6.07) is 14.4. The van der Waals surface area contributed by atoms with Gasteiger partial charge < -0.3 is 9.30 Å². The van der Waals surface area contributed by atoms with Crippen LogP contribution in [0.5, 0.6) is 5.75 Å². The third-order valence-electron chi connectivity index (χ3n) is 3.69. The minimum Gasteiger partial charge on any atom is -0.497 e. The summed E-state index contributed by atoms with van der Waals surface area (Å²) < 4.78 is 6.99. The number of halogens is 1. The first-order valence-electron chi connectivity index (χ1n) is 7.31. The fraction of sp³-hybridized carbons (Fsp3) is 0.111. The van der Waals surface area contributed by atoms with Gasteiger partial charge in [-0.15, -0.1) is 0 Å². The zero-order chi connectivity index (χ0) is 17.1. The van der Waals surface area contributed by atoms with Gasteiger partial charge in [0.25, 0.3) is 5.91 Å². The van der Waals surface area contributed by atoms with Crippen LogP contribution < -0.4 is 10.1 Å². The quantitative estimate of drug-likeness (QED) is 0.780. The Bertz CT molecular complexity index is 872. The number of carbonyl (C=O) groups excluding carboxylic acids is 1. The van der Waals surface area contributed by atoms with Crippen molar-refractivity contribution in [3.05, 3.63) is 65.3 Å². The van der Waals surface area contributed by atoms with Crippen molar-refractivity contribution >= 4 is 23.5 Å². The second-order valence-electron chi connectivity index (χ2n) is 5.22. The minimum atomic E-state index is -0.257. The maximum absolute atomic E-state index is 12.3. The number of hydrogen-bond donors (Lipinski definition) is 1. The van der Waals surface area contributed by atoms with Crippen molar-refractivity contribution in [2.45, 2.75) is 0 Å². The van der Waals surface area contributed by atoms with Gasteiger partial charge in [0.05, 0.1) is 19.0 Å². The van der Waals surface area contributed by atoms with E-state index in [1.165, 1.54) is 0 Å². The van der Waals surface area contributed by atoms with Gasteiger partial charge in [-0.2, -0.15) is 0 Å². The Kier molecular flexibility index (Phi) is 4.53. The number of imidazole rings is 1. The molecule has 0 aliphatic heterocycles. The molecule has 0 spiro atoms. The van der Waals surface area contributed by atoms with E-state index in [-0.39, 0.29) is 5.91 Å². The van der Waals surface area contributed by atoms with Crippen LogP contribution in [0.2, 0.25) is 5.02 Å². The molecule has 5 nitrogen and oxygen atoms in total. The zero-order valence-electron chi connectivity index (χ0n) is 13.3. The van der Waals surface area contributed by atoms with Gasteiger partial charge in [0.2, 0.25) is 5.95 Å². The lowest BCUT2D eigenvalue weighted by Gasteiger charge is -2.08. The first-order chi connectivity index (χ1) is 11.6. The monoisotopic (exact) mass is 341 g/mol. The van der Waals surface area contributed by atoms with Gasteiger partial charge in [-0.3, -0.25) is 10.1 Å². The zero-order valence-corrected chi connectivity index (χ0v) is 14.0. The Labute approximate surface area is 144 Å². The highest BCUT2D eigenvalue weighted by atomic mass is 35.5. The van der Waals surface area contributed by atoms with Crippen LogP contribution in [0.4, 0.5) is 5.95 Å². The summed E-state index contributed by atoms with van der Waals surface area (Å²) >= 11 is 5.92. The molecule has 0 aliphatic carbocycles. The number of benzene rings is 2. The Balaban J connectivity index is 1.83. The van der Waals surface area contributed by atoms with E-state index in [4.69, 9.17) is 16.3 Å². The molecule has 0 saturated heterocycles. The summed E-state index contributed by atoms with van der Waals surface area (Å²) in [6.45, 7) is 0. The molecule has 0 unspecified atom stereocenters. The normalized spacial score (nSPS) is 10.5. The lowest BCUT2D eigenvalue weighted by molar-refractivity contribution is 0.102. The average molecular weight is 342 g/mol. The van der Waals surface area contributed by atoms with Crippen molar-refractivity contribution in [3.63, 3.8) is 0 Å². The maximum atomic E-state index is 12.3. The number of methoxy groups -OCH3 is 1. The number of carbonyl (C=O) groups is 1. The number of hydrogen-bond acceptors (Lipinski definition) is 3. The average Bonchev–Trinajstić information content (AvgIpc) is 2.95. The molecule has 0 radical (unpaired) electrons. The lowest BCUT2D eigenvalue weighted by atomic mass is 10.1. The Morgan fingerprint density at radius 2 is 1.96 bits per heavy atom. The van der Waals surface area contributed by atoms with E-state index < -0.39 is 0 Å². The summed E-state index contributed by atoms with van der Waals surface area (Å²) in [5.41, 5.74) is 2.35. The van der Waals surface area contributed by atoms with E-state index >= 15 is 0 Å². The van der Waals surface area contributed by atoms with Crippen LogP contribution in [-0.4, -0.2) is 22.6 Å². The largest absolute Gasteiger partial charge is 0.497 e. The second kappa shape index (κ2) is 6.76. The van der Waals surface area contributed by atoms with Crippen LogP contribution >= 0.6 is 11.6 Å². The smallest absolute Gasteiger partial charge is 0.258 e. The van der Waals surface area contributed by atoms with Gasteiger partial charge in [0, 0.05) is 23.2 Å². The first-order valence-corrected chi connectivity index (χ1v) is 7.69. The summed E-state index contributed by atoms with van der Waals surface area (Å²) in [7, 11) is 3.47. The molecule has 1 amide bonds. The molecule has 122 valence electrons. The molecular formula is C18H16ClN3O2. The van der Waals surface area contributed by atoms with Crippen molar-refractivity contribution in [2.75, 3.05) is 12.4 Å². The summed E-state index contributed by atoms with van der Waals surface area (Å²) in [4.78, 5) is 16.6. The molecule has 2 aromatic carbocycles. The predicted molar refractivity (Wildman–Crippen MR) is 94.6 cm³/mol. The second-order valence-corrected chi connectivity index (χ2v) is 5.66. The molecule has 6 heteroatoms. The number of aromatic nitrogens is 2. The summed E-state index contributed by atoms with van der Waals surface area (Å²) in [5.74, 6) is 0.994. The maximum Gasteiger partial charge on any atom is 0.258 e. The number of rotatable bonds is 4. The van der Waals surface area contributed by atoms with Crippen molar-refractivity contribution in [2.24, 2.45) is 7.05 Å². The van der Waals surface area contributed by atoms with Gasteiger partial charge in [-0.25, -0.2) is 4.98 Å². The van der Waals surface area contributed by atoms with Crippen LogP contribution in [-0.2, 0) is 7.05 Å². The number of nitrogens with one attached hydrogen (secondary N) is 1. The fourth-order valence-corrected chi connectivity index (χ4v) is 2.55. The molecule has 24 heavy (non-hydrogen) atoms. The van der Waals surface area contributed by atoms with E-state index in [2.05, 4.69) is 10.3 Å². The number of anilines is 1. The molecule has 0 fully saturated rings. The molecule has 1 N–H and O–H groups in total. The molecule has 1 aromatic heterocycles. The molecule has 0 bridgehead atoms. The SMILES string of the molecule is COc1ccc(-c2cnc(NC(=O)c3cccc(Cl)c3)n2C)cc1. The molecule has 0 aliphatic rings. The van der Waals surface area contributed by atoms with Crippen molar-refractivity contribution in [1.82, 2.24) is 9.55 Å². The van der Waals surface area contributed by atoms with Crippen molar-refractivity contribution in [3.8, 4) is 17.0 Å². The fourth-order valence-electron chi connectivity index (χ4n) is 2.36. The van der Waals surface area contributed by atoms with Gasteiger partial charge in [0.15, 0.2) is 0 Å². The molecule has 3 aromatic rings. The van der Waals surface area contributed by atoms with Gasteiger partial charge in [-0.05, 0) is 42.5 Å². The Hall–Kier alpha value is -2.79. The highest BCUT2D eigenvalue weighted by Gasteiger charge is 2.13. The number of amides is 1. The lowest BCUT2D eigenvalue weighted by Crippen LogP contribution is -2.15. The Morgan fingerprint density at radius 1 is 1.21 bits per heavy atom. The van der Waals surface area contributed by atoms with Gasteiger partial charge >= 0.3 is 0 Å². The molecule has 0 saturated carbocycles. The summed E-state index contributed by atoms with van der Waals surface area (Å²) in [6.07, 6.45) is 1.72. The first kappa shape index (κ1) is 16.1. The molecule has 0 atom stereocenters. The van der Waals surface area contributed by atoms with Crippen LogP contribution in [0.1, 0.15) is 10.4 Å². The van der Waals surface area contributed by atoms with E-state index in [1.807, 2.05) is 35.9 Å². The van der Waals surface area contributed by atoms with Gasteiger partial charge in [-0.1, -0.05) is 17.7 Å². The van der Waals surface area contributed by atoms with E-state index in [0.717, 1.165) is 17.0 Å². The highest BCUT2D eigenvalue weighted by molar-refractivity contribution is 6.31. The van der Waals surface area contributed by atoms with E-state index in [1.54, 1.807) is 37.6 Å². The van der Waals surface area contributed by atoms with Crippen molar-refractivity contribution in [1.29, 1.82) is 0 Å². The topological polar surface area (TPSA) is 56.1 Å². The minimum absolute atomic E-state index is 0.257. The van der Waals surface area contributed by atoms with Crippen LogP contribution in [0.15, 0.2) is 54.7 Å². The van der Waals surface area contributed by atoms with Gasteiger partial charge in [0.1, 0.15) is 5.75 Å². The third kappa shape index (κ3) is 3.26. The highest BCUT2D eigenvalue weighted by Crippen LogP contribution is 2.24. The molecule has 3 rings (SSSR count). The van der Waals surface area contributed by atoms with E-state index in [9.17, 15) is 4.79 Å².